The molecule has 25 heavy (non-hydrogen) atoms. The van der Waals surface area contributed by atoms with Crippen molar-refractivity contribution in [3.8, 4) is 11.3 Å². The third kappa shape index (κ3) is 3.58. The van der Waals surface area contributed by atoms with Crippen LogP contribution in [-0.2, 0) is 7.05 Å². The van der Waals surface area contributed by atoms with Crippen LogP contribution in [0.5, 0.6) is 0 Å². The van der Waals surface area contributed by atoms with E-state index in [4.69, 9.17) is 0 Å². The maximum Gasteiger partial charge on any atom is 0.259 e. The van der Waals surface area contributed by atoms with Crippen molar-refractivity contribution >= 4 is 27.5 Å². The van der Waals surface area contributed by atoms with Gasteiger partial charge in [-0.25, -0.2) is 13.2 Å². The van der Waals surface area contributed by atoms with Crippen LogP contribution in [0.2, 0.25) is 0 Å². The van der Waals surface area contributed by atoms with Gasteiger partial charge >= 0.3 is 0 Å². The average Bonchev–Trinajstić information content (AvgIpc) is 2.92. The summed E-state index contributed by atoms with van der Waals surface area (Å²) in [4.78, 5) is 12.5. The smallest absolute Gasteiger partial charge is 0.259 e. The summed E-state index contributed by atoms with van der Waals surface area (Å²) in [5, 5.41) is 6.49. The summed E-state index contributed by atoms with van der Waals surface area (Å²) in [6.45, 7) is 0. The van der Waals surface area contributed by atoms with E-state index in [1.165, 1.54) is 29.1 Å². The molecule has 1 heterocycles. The van der Waals surface area contributed by atoms with Crippen molar-refractivity contribution in [2.75, 3.05) is 5.32 Å². The first-order valence-electron chi connectivity index (χ1n) is 7.10. The highest BCUT2D eigenvalue weighted by atomic mass is 79.9. The quantitative estimate of drug-likeness (QED) is 0.691. The lowest BCUT2D eigenvalue weighted by atomic mass is 10.1. The molecular weight excluding hydrogens is 399 g/mol. The fourth-order valence-corrected chi connectivity index (χ4v) is 2.65. The van der Waals surface area contributed by atoms with Gasteiger partial charge in [-0.2, -0.15) is 5.10 Å². The van der Waals surface area contributed by atoms with Gasteiger partial charge in [-0.15, -0.1) is 0 Å². The number of nitrogens with one attached hydrogen (secondary N) is 1. The summed E-state index contributed by atoms with van der Waals surface area (Å²) in [6.07, 6.45) is 1.38. The summed E-state index contributed by atoms with van der Waals surface area (Å²) in [5.41, 5.74) is 0.0244. The molecule has 0 spiro atoms. The SMILES string of the molecule is Cn1cc(C(=O)Nc2ccc(Br)cc2F)c(-c2ccc(F)cc2F)n1. The lowest BCUT2D eigenvalue weighted by Crippen LogP contribution is -2.13. The molecule has 0 unspecified atom stereocenters. The molecule has 1 N–H and O–H groups in total. The van der Waals surface area contributed by atoms with Crippen LogP contribution in [0.3, 0.4) is 0 Å². The number of hydrogen-bond acceptors (Lipinski definition) is 2. The van der Waals surface area contributed by atoms with Crippen LogP contribution >= 0.6 is 15.9 Å². The molecule has 0 bridgehead atoms. The summed E-state index contributed by atoms with van der Waals surface area (Å²) >= 11 is 3.13. The summed E-state index contributed by atoms with van der Waals surface area (Å²) in [5.74, 6) is -2.86. The number of nitrogens with zero attached hydrogens (tertiary/aromatic N) is 2. The van der Waals surface area contributed by atoms with Gasteiger partial charge in [-0.05, 0) is 30.3 Å². The molecule has 0 saturated carbocycles. The number of benzene rings is 2. The minimum atomic E-state index is -0.845. The van der Waals surface area contributed by atoms with Crippen LogP contribution in [0, 0.1) is 17.5 Å². The third-order valence-corrected chi connectivity index (χ3v) is 3.93. The van der Waals surface area contributed by atoms with Gasteiger partial charge in [0.2, 0.25) is 0 Å². The molecule has 1 aromatic heterocycles. The number of carbonyl (C=O) groups excluding carboxylic acids is 1. The normalized spacial score (nSPS) is 10.8. The van der Waals surface area contributed by atoms with Crippen molar-refractivity contribution in [3.63, 3.8) is 0 Å². The second-order valence-corrected chi connectivity index (χ2v) is 6.18. The molecule has 3 aromatic rings. The maximum atomic E-state index is 14.0. The Bertz CT molecular complexity index is 972. The number of amides is 1. The lowest BCUT2D eigenvalue weighted by Gasteiger charge is -2.07. The van der Waals surface area contributed by atoms with E-state index in [2.05, 4.69) is 26.3 Å². The molecule has 0 aliphatic rings. The molecule has 0 atom stereocenters. The number of aryl methyl sites for hydroxylation is 1. The van der Waals surface area contributed by atoms with Gasteiger partial charge in [0.15, 0.2) is 0 Å². The Kier molecular flexibility index (Phi) is 4.63. The molecular formula is C17H11BrF3N3O. The second-order valence-electron chi connectivity index (χ2n) is 5.27. The number of rotatable bonds is 3. The van der Waals surface area contributed by atoms with E-state index in [-0.39, 0.29) is 22.5 Å². The van der Waals surface area contributed by atoms with E-state index in [1.54, 1.807) is 13.1 Å². The Hall–Kier alpha value is -2.61. The van der Waals surface area contributed by atoms with E-state index in [9.17, 15) is 18.0 Å². The first kappa shape index (κ1) is 17.2. The van der Waals surface area contributed by atoms with Crippen molar-refractivity contribution in [3.05, 3.63) is 70.1 Å². The van der Waals surface area contributed by atoms with Crippen molar-refractivity contribution in [2.24, 2.45) is 7.05 Å². The zero-order valence-electron chi connectivity index (χ0n) is 12.9. The molecule has 0 fully saturated rings. The highest BCUT2D eigenvalue weighted by Gasteiger charge is 2.21. The largest absolute Gasteiger partial charge is 0.319 e. The average molecular weight is 410 g/mol. The molecule has 0 aliphatic heterocycles. The van der Waals surface area contributed by atoms with E-state index >= 15 is 0 Å². The molecule has 3 rings (SSSR count). The van der Waals surface area contributed by atoms with E-state index in [1.807, 2.05) is 0 Å². The topological polar surface area (TPSA) is 46.9 Å². The fraction of sp³-hybridized carbons (Fsp3) is 0.0588. The van der Waals surface area contributed by atoms with E-state index in [0.717, 1.165) is 6.07 Å². The van der Waals surface area contributed by atoms with Gasteiger partial charge in [0, 0.05) is 29.3 Å². The predicted octanol–water partition coefficient (Wildman–Crippen LogP) is 4.52. The number of aromatic nitrogens is 2. The van der Waals surface area contributed by atoms with Crippen molar-refractivity contribution in [1.82, 2.24) is 9.78 Å². The maximum absolute atomic E-state index is 14.0. The molecule has 2 aromatic carbocycles. The van der Waals surface area contributed by atoms with Gasteiger partial charge < -0.3 is 5.32 Å². The van der Waals surface area contributed by atoms with Crippen molar-refractivity contribution in [2.45, 2.75) is 0 Å². The van der Waals surface area contributed by atoms with Gasteiger partial charge in [0.25, 0.3) is 5.91 Å². The fourth-order valence-electron chi connectivity index (χ4n) is 2.32. The van der Waals surface area contributed by atoms with Crippen LogP contribution < -0.4 is 5.32 Å². The third-order valence-electron chi connectivity index (χ3n) is 3.44. The zero-order chi connectivity index (χ0) is 18.1. The summed E-state index contributed by atoms with van der Waals surface area (Å²) in [7, 11) is 1.56. The highest BCUT2D eigenvalue weighted by Crippen LogP contribution is 2.27. The molecule has 4 nitrogen and oxygen atoms in total. The number of hydrogen-bond donors (Lipinski definition) is 1. The highest BCUT2D eigenvalue weighted by molar-refractivity contribution is 9.10. The molecule has 8 heteroatoms. The molecule has 0 saturated heterocycles. The van der Waals surface area contributed by atoms with E-state index in [0.29, 0.717) is 10.5 Å². The Morgan fingerprint density at radius 2 is 1.88 bits per heavy atom. The van der Waals surface area contributed by atoms with E-state index < -0.39 is 23.4 Å². The predicted molar refractivity (Wildman–Crippen MR) is 90.6 cm³/mol. The molecule has 128 valence electrons. The lowest BCUT2D eigenvalue weighted by molar-refractivity contribution is 0.102. The summed E-state index contributed by atoms with van der Waals surface area (Å²) in [6, 6.07) is 7.15. The van der Waals surface area contributed by atoms with Gasteiger partial charge in [0.05, 0.1) is 11.3 Å². The monoisotopic (exact) mass is 409 g/mol. The second kappa shape index (κ2) is 6.72. The van der Waals surface area contributed by atoms with Gasteiger partial charge in [0.1, 0.15) is 23.1 Å². The zero-order valence-corrected chi connectivity index (χ0v) is 14.4. The minimum absolute atomic E-state index is 0.0246. The number of anilines is 1. The first-order valence-corrected chi connectivity index (χ1v) is 7.90. The Labute approximate surface area is 149 Å². The number of halogens is 4. The Balaban J connectivity index is 1.99. The molecule has 0 aliphatic carbocycles. The van der Waals surface area contributed by atoms with Crippen molar-refractivity contribution < 1.29 is 18.0 Å². The van der Waals surface area contributed by atoms with Crippen LogP contribution in [0.1, 0.15) is 10.4 Å². The van der Waals surface area contributed by atoms with Crippen LogP contribution in [0.15, 0.2) is 47.1 Å². The van der Waals surface area contributed by atoms with Gasteiger partial charge in [-0.1, -0.05) is 15.9 Å². The van der Waals surface area contributed by atoms with Gasteiger partial charge in [-0.3, -0.25) is 9.48 Å². The Morgan fingerprint density at radius 1 is 1.12 bits per heavy atom. The molecule has 0 radical (unpaired) electrons. The van der Waals surface area contributed by atoms with Crippen molar-refractivity contribution in [1.29, 1.82) is 0 Å². The summed E-state index contributed by atoms with van der Waals surface area (Å²) < 4.78 is 42.9. The van der Waals surface area contributed by atoms with Crippen LogP contribution in [0.4, 0.5) is 18.9 Å². The Morgan fingerprint density at radius 3 is 2.56 bits per heavy atom. The number of carbonyl (C=O) groups is 1. The van der Waals surface area contributed by atoms with Crippen LogP contribution in [0.25, 0.3) is 11.3 Å². The van der Waals surface area contributed by atoms with Crippen LogP contribution in [-0.4, -0.2) is 15.7 Å². The minimum Gasteiger partial charge on any atom is -0.319 e. The first-order chi connectivity index (χ1) is 11.8. The standard InChI is InChI=1S/C17H11BrF3N3O/c1-24-8-12(16(23-24)11-4-3-10(19)7-13(11)20)17(25)22-15-5-2-9(18)6-14(15)21/h2-8H,1H3,(H,22,25). The molecule has 1 amide bonds.